The molecule has 1 aliphatic rings. The van der Waals surface area contributed by atoms with Gasteiger partial charge in [-0.3, -0.25) is 4.79 Å². The maximum absolute atomic E-state index is 13.2. The molecule has 0 saturated carbocycles. The van der Waals surface area contributed by atoms with Crippen LogP contribution in [0.1, 0.15) is 21.7 Å². The zero-order valence-electron chi connectivity index (χ0n) is 14.9. The molecule has 0 radical (unpaired) electrons. The van der Waals surface area contributed by atoms with E-state index in [9.17, 15) is 9.90 Å². The van der Waals surface area contributed by atoms with Gasteiger partial charge in [-0.05, 0) is 54.0 Å². The van der Waals surface area contributed by atoms with Crippen LogP contribution in [-0.2, 0) is 6.42 Å². The van der Waals surface area contributed by atoms with E-state index in [0.717, 1.165) is 34.2 Å². The van der Waals surface area contributed by atoms with E-state index in [4.69, 9.17) is 9.15 Å². The maximum atomic E-state index is 13.2. The predicted octanol–water partition coefficient (Wildman–Crippen LogP) is 5.49. The first kappa shape index (κ1) is 16.4. The van der Waals surface area contributed by atoms with Gasteiger partial charge in [-0.25, -0.2) is 0 Å². The third-order valence-corrected chi connectivity index (χ3v) is 4.90. The van der Waals surface area contributed by atoms with Crippen molar-refractivity contribution in [1.29, 1.82) is 0 Å². The quantitative estimate of drug-likeness (QED) is 0.486. The van der Waals surface area contributed by atoms with Crippen LogP contribution in [0.4, 0.5) is 0 Å². The molecule has 0 amide bonds. The molecule has 0 spiro atoms. The molecule has 4 heteroatoms. The first-order chi connectivity index (χ1) is 13.7. The number of benzene rings is 3. The van der Waals surface area contributed by atoms with Gasteiger partial charge in [-0.1, -0.05) is 30.3 Å². The topological polar surface area (TPSA) is 59.7 Å². The summed E-state index contributed by atoms with van der Waals surface area (Å²) in [6, 6.07) is 19.8. The smallest absolute Gasteiger partial charge is 0.228 e. The zero-order chi connectivity index (χ0) is 19.1. The molecular formula is C24H16O4. The number of carbonyl (C=O) groups is 1. The first-order valence-electron chi connectivity index (χ1n) is 9.01. The van der Waals surface area contributed by atoms with Gasteiger partial charge in [0.2, 0.25) is 5.78 Å². The van der Waals surface area contributed by atoms with Crippen LogP contribution in [0, 0.1) is 0 Å². The minimum Gasteiger partial charge on any atom is -0.508 e. The van der Waals surface area contributed by atoms with Crippen LogP contribution in [0.2, 0.25) is 0 Å². The Hall–Kier alpha value is -3.79. The molecule has 5 rings (SSSR count). The Labute approximate surface area is 161 Å². The number of ketones is 1. The minimum absolute atomic E-state index is 0.113. The molecular weight excluding hydrogens is 352 g/mol. The van der Waals surface area contributed by atoms with Crippen LogP contribution in [0.5, 0.6) is 11.5 Å². The lowest BCUT2D eigenvalue weighted by atomic mass is 9.96. The normalized spacial score (nSPS) is 12.6. The molecule has 0 saturated heterocycles. The van der Waals surface area contributed by atoms with Crippen LogP contribution in [0.15, 0.2) is 83.5 Å². The molecule has 1 N–H and O–H groups in total. The summed E-state index contributed by atoms with van der Waals surface area (Å²) in [6.07, 6.45) is 4.39. The second-order valence-electron chi connectivity index (χ2n) is 6.70. The highest BCUT2D eigenvalue weighted by Crippen LogP contribution is 2.40. The van der Waals surface area contributed by atoms with Crippen molar-refractivity contribution in [2.45, 2.75) is 6.42 Å². The van der Waals surface area contributed by atoms with Gasteiger partial charge >= 0.3 is 0 Å². The number of phenols is 1. The first-order valence-corrected chi connectivity index (χ1v) is 9.01. The lowest BCUT2D eigenvalue weighted by Crippen LogP contribution is -2.01. The second kappa shape index (κ2) is 6.43. The molecule has 136 valence electrons. The third-order valence-electron chi connectivity index (χ3n) is 4.90. The fraction of sp³-hybridized carbons (Fsp3) is 0.0417. The molecule has 3 aromatic carbocycles. The molecule has 0 aliphatic carbocycles. The number of hydrogen-bond donors (Lipinski definition) is 1. The Morgan fingerprint density at radius 2 is 1.75 bits per heavy atom. The summed E-state index contributed by atoms with van der Waals surface area (Å²) in [5, 5.41) is 10.4. The summed E-state index contributed by atoms with van der Waals surface area (Å²) in [7, 11) is 0. The van der Waals surface area contributed by atoms with Crippen molar-refractivity contribution in [3.05, 3.63) is 96.0 Å². The van der Waals surface area contributed by atoms with Crippen LogP contribution in [0.3, 0.4) is 0 Å². The number of rotatable bonds is 3. The molecule has 4 aromatic rings. The number of phenolic OH excluding ortho intramolecular Hbond substituents is 1. The van der Waals surface area contributed by atoms with E-state index in [1.165, 1.54) is 12.1 Å². The van der Waals surface area contributed by atoms with Crippen molar-refractivity contribution in [1.82, 2.24) is 0 Å². The Kier molecular flexibility index (Phi) is 3.76. The van der Waals surface area contributed by atoms with Gasteiger partial charge in [0, 0.05) is 22.6 Å². The molecule has 0 unspecified atom stereocenters. The second-order valence-corrected chi connectivity index (χ2v) is 6.70. The van der Waals surface area contributed by atoms with E-state index in [2.05, 4.69) is 0 Å². The number of hydrogen-bond acceptors (Lipinski definition) is 4. The number of ether oxygens (including phenoxy) is 1. The van der Waals surface area contributed by atoms with Crippen LogP contribution in [-0.4, -0.2) is 10.9 Å². The van der Waals surface area contributed by atoms with Crippen molar-refractivity contribution in [2.75, 3.05) is 0 Å². The van der Waals surface area contributed by atoms with Gasteiger partial charge in [0.25, 0.3) is 0 Å². The molecule has 1 aliphatic heterocycles. The Morgan fingerprint density at radius 1 is 0.964 bits per heavy atom. The van der Waals surface area contributed by atoms with Gasteiger partial charge in [-0.2, -0.15) is 0 Å². The summed E-state index contributed by atoms with van der Waals surface area (Å²) >= 11 is 0. The molecule has 1 aromatic heterocycles. The summed E-state index contributed by atoms with van der Waals surface area (Å²) in [6.45, 7) is 0. The average Bonchev–Trinajstić information content (AvgIpc) is 3.11. The van der Waals surface area contributed by atoms with Crippen molar-refractivity contribution in [3.8, 4) is 22.6 Å². The molecule has 28 heavy (non-hydrogen) atoms. The number of allylic oxidation sites excluding steroid dienone is 1. The van der Waals surface area contributed by atoms with Crippen molar-refractivity contribution in [3.63, 3.8) is 0 Å². The van der Waals surface area contributed by atoms with Crippen LogP contribution >= 0.6 is 0 Å². The highest BCUT2D eigenvalue weighted by molar-refractivity contribution is 6.15. The standard InChI is InChI=1S/C24H16O4/c25-18-10-8-16(9-11-18)23(26)24-22(15-5-2-1-3-6-15)19-13-17-7-4-12-27-20(17)14-21(19)28-24/h1-6,8-14,25H,7H2. The van der Waals surface area contributed by atoms with Gasteiger partial charge in [0.15, 0.2) is 5.76 Å². The van der Waals surface area contributed by atoms with Gasteiger partial charge < -0.3 is 14.3 Å². The summed E-state index contributed by atoms with van der Waals surface area (Å²) in [5.41, 5.74) is 3.80. The van der Waals surface area contributed by atoms with E-state index < -0.39 is 0 Å². The Bertz CT molecular complexity index is 1220. The van der Waals surface area contributed by atoms with Crippen LogP contribution < -0.4 is 4.74 Å². The van der Waals surface area contributed by atoms with Crippen molar-refractivity contribution >= 4 is 16.8 Å². The number of carbonyl (C=O) groups excluding carboxylic acids is 1. The lowest BCUT2D eigenvalue weighted by Gasteiger charge is -2.11. The zero-order valence-corrected chi connectivity index (χ0v) is 14.9. The highest BCUT2D eigenvalue weighted by atomic mass is 16.5. The number of aromatic hydroxyl groups is 1. The van der Waals surface area contributed by atoms with Gasteiger partial charge in [0.05, 0.1) is 6.26 Å². The Morgan fingerprint density at radius 3 is 2.54 bits per heavy atom. The van der Waals surface area contributed by atoms with Gasteiger partial charge in [0.1, 0.15) is 17.1 Å². The monoisotopic (exact) mass is 368 g/mol. The summed E-state index contributed by atoms with van der Waals surface area (Å²) < 4.78 is 11.6. The van der Waals surface area contributed by atoms with Gasteiger partial charge in [-0.15, -0.1) is 0 Å². The predicted molar refractivity (Wildman–Crippen MR) is 107 cm³/mol. The van der Waals surface area contributed by atoms with E-state index in [1.54, 1.807) is 18.4 Å². The highest BCUT2D eigenvalue weighted by Gasteiger charge is 2.24. The molecule has 0 fully saturated rings. The number of fused-ring (bicyclic) bond motifs is 2. The Balaban J connectivity index is 1.76. The van der Waals surface area contributed by atoms with E-state index in [0.29, 0.717) is 11.1 Å². The summed E-state index contributed by atoms with van der Waals surface area (Å²) in [5.74, 6) is 0.906. The largest absolute Gasteiger partial charge is 0.508 e. The van der Waals surface area contributed by atoms with E-state index >= 15 is 0 Å². The maximum Gasteiger partial charge on any atom is 0.228 e. The summed E-state index contributed by atoms with van der Waals surface area (Å²) in [4.78, 5) is 13.2. The van der Waals surface area contributed by atoms with E-state index in [-0.39, 0.29) is 17.3 Å². The molecule has 0 atom stereocenters. The lowest BCUT2D eigenvalue weighted by molar-refractivity contribution is 0.101. The van der Waals surface area contributed by atoms with Crippen LogP contribution in [0.25, 0.3) is 22.1 Å². The fourth-order valence-corrected chi connectivity index (χ4v) is 3.53. The van der Waals surface area contributed by atoms with E-state index in [1.807, 2.05) is 48.5 Å². The average molecular weight is 368 g/mol. The molecule has 2 heterocycles. The third kappa shape index (κ3) is 2.67. The van der Waals surface area contributed by atoms with Crippen molar-refractivity contribution in [2.24, 2.45) is 0 Å². The fourth-order valence-electron chi connectivity index (χ4n) is 3.53. The molecule has 0 bridgehead atoms. The minimum atomic E-state index is -0.230. The SMILES string of the molecule is O=C(c1ccc(O)cc1)c1oc2cc3c(cc2c1-c1ccccc1)CC=CO3. The van der Waals surface area contributed by atoms with Crippen molar-refractivity contribution < 1.29 is 19.1 Å². The molecule has 4 nitrogen and oxygen atoms in total. The number of furan rings is 1.